The van der Waals surface area contributed by atoms with Gasteiger partial charge in [0.15, 0.2) is 0 Å². The minimum atomic E-state index is 0.480. The van der Waals surface area contributed by atoms with Crippen molar-refractivity contribution in [1.82, 2.24) is 9.55 Å². The zero-order chi connectivity index (χ0) is 10.1. The minimum Gasteiger partial charge on any atom is -0.369 e. The maximum Gasteiger partial charge on any atom is 0.204 e. The minimum absolute atomic E-state index is 0.480. The second-order valence-corrected chi connectivity index (χ2v) is 4.52. The largest absolute Gasteiger partial charge is 0.369 e. The van der Waals surface area contributed by atoms with E-state index in [1.807, 2.05) is 29.0 Å². The number of rotatable bonds is 1. The summed E-state index contributed by atoms with van der Waals surface area (Å²) in [5.41, 5.74) is 6.67. The second-order valence-electron chi connectivity index (χ2n) is 2.75. The molecular weight excluding hydrogens is 310 g/mol. The summed E-state index contributed by atoms with van der Waals surface area (Å²) in [5.74, 6) is 0.480. The van der Waals surface area contributed by atoms with Crippen molar-refractivity contribution in [3.05, 3.63) is 39.5 Å². The third kappa shape index (κ3) is 1.69. The average Bonchev–Trinajstić information content (AvgIpc) is 2.52. The number of hydrogen-bond acceptors (Lipinski definition) is 2. The molecule has 0 radical (unpaired) electrons. The first kappa shape index (κ1) is 9.73. The highest BCUT2D eigenvalue weighted by atomic mass is 79.9. The molecule has 5 heteroatoms. The number of halogens is 2. The number of anilines is 1. The number of imidazole rings is 1. The van der Waals surface area contributed by atoms with Crippen molar-refractivity contribution < 1.29 is 0 Å². The average molecular weight is 317 g/mol. The van der Waals surface area contributed by atoms with Gasteiger partial charge in [-0.3, -0.25) is 4.57 Å². The molecule has 1 aromatic carbocycles. The molecule has 3 nitrogen and oxygen atoms in total. The van der Waals surface area contributed by atoms with Gasteiger partial charge in [0.1, 0.15) is 0 Å². The molecule has 0 atom stereocenters. The maximum atomic E-state index is 5.70. The van der Waals surface area contributed by atoms with Crippen molar-refractivity contribution in [3.8, 4) is 5.69 Å². The molecule has 0 aliphatic carbocycles. The van der Waals surface area contributed by atoms with E-state index in [4.69, 9.17) is 5.73 Å². The highest BCUT2D eigenvalue weighted by molar-refractivity contribution is 9.11. The van der Waals surface area contributed by atoms with Crippen molar-refractivity contribution >= 4 is 37.8 Å². The van der Waals surface area contributed by atoms with Crippen LogP contribution in [-0.2, 0) is 0 Å². The third-order valence-corrected chi connectivity index (χ3v) is 2.97. The number of aromatic nitrogens is 2. The number of nitrogens with two attached hydrogens (primary N) is 1. The second kappa shape index (κ2) is 3.74. The van der Waals surface area contributed by atoms with Crippen LogP contribution in [0.25, 0.3) is 5.69 Å². The molecular formula is C9H7Br2N3. The molecule has 0 aliphatic heterocycles. The summed E-state index contributed by atoms with van der Waals surface area (Å²) in [6.07, 6.45) is 3.49. The summed E-state index contributed by atoms with van der Waals surface area (Å²) in [6.45, 7) is 0. The normalized spacial score (nSPS) is 10.4. The lowest BCUT2D eigenvalue weighted by Gasteiger charge is -2.07. The summed E-state index contributed by atoms with van der Waals surface area (Å²) >= 11 is 6.86. The quantitative estimate of drug-likeness (QED) is 0.879. The first-order chi connectivity index (χ1) is 6.68. The predicted molar refractivity (Wildman–Crippen MR) is 63.4 cm³/mol. The lowest BCUT2D eigenvalue weighted by molar-refractivity contribution is 1.07. The maximum absolute atomic E-state index is 5.70. The molecule has 0 amide bonds. The van der Waals surface area contributed by atoms with Gasteiger partial charge in [-0.05, 0) is 34.1 Å². The monoisotopic (exact) mass is 315 g/mol. The van der Waals surface area contributed by atoms with Crippen LogP contribution in [0.5, 0.6) is 0 Å². The lowest BCUT2D eigenvalue weighted by atomic mass is 10.3. The summed E-state index contributed by atoms with van der Waals surface area (Å²) in [6, 6.07) is 5.89. The fraction of sp³-hybridized carbons (Fsp3) is 0. The van der Waals surface area contributed by atoms with Crippen LogP contribution in [0.3, 0.4) is 0 Å². The lowest BCUT2D eigenvalue weighted by Crippen LogP contribution is -2.00. The topological polar surface area (TPSA) is 43.8 Å². The molecule has 2 N–H and O–H groups in total. The molecule has 72 valence electrons. The van der Waals surface area contributed by atoms with Crippen LogP contribution in [0.1, 0.15) is 0 Å². The van der Waals surface area contributed by atoms with Crippen LogP contribution in [0.15, 0.2) is 39.5 Å². The number of benzene rings is 1. The Labute approximate surface area is 98.2 Å². The highest BCUT2D eigenvalue weighted by Crippen LogP contribution is 2.26. The van der Waals surface area contributed by atoms with Crippen LogP contribution in [0, 0.1) is 0 Å². The Hall–Kier alpha value is -0.810. The Kier molecular flexibility index (Phi) is 2.60. The van der Waals surface area contributed by atoms with Gasteiger partial charge in [0, 0.05) is 21.3 Å². The SMILES string of the molecule is Nc1nccn1-c1ccc(Br)cc1Br. The zero-order valence-electron chi connectivity index (χ0n) is 7.11. The number of nitrogen functional groups attached to an aromatic ring is 1. The van der Waals surface area contributed by atoms with Crippen molar-refractivity contribution in [1.29, 1.82) is 0 Å². The van der Waals surface area contributed by atoms with Gasteiger partial charge >= 0.3 is 0 Å². The van der Waals surface area contributed by atoms with E-state index < -0.39 is 0 Å². The predicted octanol–water partition coefficient (Wildman–Crippen LogP) is 2.98. The molecule has 0 fully saturated rings. The van der Waals surface area contributed by atoms with E-state index in [9.17, 15) is 0 Å². The zero-order valence-corrected chi connectivity index (χ0v) is 10.3. The smallest absolute Gasteiger partial charge is 0.204 e. The fourth-order valence-electron chi connectivity index (χ4n) is 1.20. The summed E-state index contributed by atoms with van der Waals surface area (Å²) in [7, 11) is 0. The van der Waals surface area contributed by atoms with E-state index in [-0.39, 0.29) is 0 Å². The molecule has 0 spiro atoms. The molecule has 0 bridgehead atoms. The first-order valence-electron chi connectivity index (χ1n) is 3.93. The van der Waals surface area contributed by atoms with Crippen molar-refractivity contribution in [3.63, 3.8) is 0 Å². The van der Waals surface area contributed by atoms with Gasteiger partial charge in [-0.2, -0.15) is 0 Å². The highest BCUT2D eigenvalue weighted by Gasteiger charge is 2.05. The fourth-order valence-corrected chi connectivity index (χ4v) is 2.43. The van der Waals surface area contributed by atoms with Gasteiger partial charge in [-0.1, -0.05) is 15.9 Å². The number of nitrogens with zero attached hydrogens (tertiary/aromatic N) is 2. The van der Waals surface area contributed by atoms with Crippen LogP contribution in [0.2, 0.25) is 0 Å². The molecule has 0 unspecified atom stereocenters. The van der Waals surface area contributed by atoms with E-state index in [2.05, 4.69) is 36.8 Å². The van der Waals surface area contributed by atoms with Gasteiger partial charge in [0.2, 0.25) is 5.95 Å². The molecule has 1 aromatic heterocycles. The van der Waals surface area contributed by atoms with E-state index >= 15 is 0 Å². The van der Waals surface area contributed by atoms with E-state index in [0.29, 0.717) is 5.95 Å². The third-order valence-electron chi connectivity index (χ3n) is 1.84. The van der Waals surface area contributed by atoms with Gasteiger partial charge in [0.05, 0.1) is 5.69 Å². The van der Waals surface area contributed by atoms with Crippen LogP contribution in [-0.4, -0.2) is 9.55 Å². The van der Waals surface area contributed by atoms with Crippen LogP contribution in [0.4, 0.5) is 5.95 Å². The van der Waals surface area contributed by atoms with E-state index in [1.165, 1.54) is 0 Å². The van der Waals surface area contributed by atoms with Crippen LogP contribution < -0.4 is 5.73 Å². The van der Waals surface area contributed by atoms with Crippen molar-refractivity contribution in [2.45, 2.75) is 0 Å². The summed E-state index contributed by atoms with van der Waals surface area (Å²) in [5, 5.41) is 0. The molecule has 1 heterocycles. The molecule has 14 heavy (non-hydrogen) atoms. The molecule has 2 aromatic rings. The Bertz CT molecular complexity index is 465. The van der Waals surface area contributed by atoms with E-state index in [0.717, 1.165) is 14.6 Å². The standard InChI is InChI=1S/C9H7Br2N3/c10-6-1-2-8(7(11)5-6)14-4-3-13-9(14)12/h1-5H,(H2,12,13). The molecule has 0 saturated heterocycles. The number of hydrogen-bond donors (Lipinski definition) is 1. The van der Waals surface area contributed by atoms with E-state index in [1.54, 1.807) is 6.20 Å². The Balaban J connectivity index is 2.58. The Morgan fingerprint density at radius 1 is 1.29 bits per heavy atom. The van der Waals surface area contributed by atoms with Gasteiger partial charge < -0.3 is 5.73 Å². The molecule has 0 saturated carbocycles. The van der Waals surface area contributed by atoms with Crippen molar-refractivity contribution in [2.24, 2.45) is 0 Å². The van der Waals surface area contributed by atoms with Crippen molar-refractivity contribution in [2.75, 3.05) is 5.73 Å². The summed E-state index contributed by atoms with van der Waals surface area (Å²) < 4.78 is 3.81. The van der Waals surface area contributed by atoms with Crippen LogP contribution >= 0.6 is 31.9 Å². The van der Waals surface area contributed by atoms with Gasteiger partial charge in [-0.15, -0.1) is 0 Å². The Morgan fingerprint density at radius 3 is 2.64 bits per heavy atom. The van der Waals surface area contributed by atoms with Gasteiger partial charge in [-0.25, -0.2) is 4.98 Å². The molecule has 0 aliphatic rings. The summed E-state index contributed by atoms with van der Waals surface area (Å²) in [4.78, 5) is 3.96. The Morgan fingerprint density at radius 2 is 2.07 bits per heavy atom. The molecule has 2 rings (SSSR count). The van der Waals surface area contributed by atoms with Gasteiger partial charge in [0.25, 0.3) is 0 Å². The first-order valence-corrected chi connectivity index (χ1v) is 5.51.